The highest BCUT2D eigenvalue weighted by atomic mass is 19.4. The van der Waals surface area contributed by atoms with Crippen LogP contribution in [0.2, 0.25) is 0 Å². The van der Waals surface area contributed by atoms with Gasteiger partial charge < -0.3 is 9.64 Å². The van der Waals surface area contributed by atoms with Crippen molar-refractivity contribution in [2.24, 2.45) is 0 Å². The van der Waals surface area contributed by atoms with Gasteiger partial charge in [0.2, 0.25) is 5.88 Å². The maximum atomic E-state index is 13.5. The maximum Gasteiger partial charge on any atom is 0.417 e. The lowest BCUT2D eigenvalue weighted by atomic mass is 9.88. The minimum Gasteiger partial charge on any atom is -0.439 e. The number of pyridine rings is 1. The number of nitrogens with zero attached hydrogens (tertiary/aromatic N) is 2. The number of ether oxygens (including phenoxy) is 1. The second kappa shape index (κ2) is 8.96. The summed E-state index contributed by atoms with van der Waals surface area (Å²) in [4.78, 5) is 5.81. The smallest absolute Gasteiger partial charge is 0.417 e. The molecule has 0 radical (unpaired) electrons. The molecule has 1 fully saturated rings. The van der Waals surface area contributed by atoms with Gasteiger partial charge in [0.15, 0.2) is 0 Å². The third-order valence-electron chi connectivity index (χ3n) is 5.46. The van der Waals surface area contributed by atoms with Gasteiger partial charge in [-0.1, -0.05) is 29.9 Å². The molecular formula is C24H22F4N2O. The van der Waals surface area contributed by atoms with E-state index in [4.69, 9.17) is 4.74 Å². The zero-order chi connectivity index (χ0) is 21.8. The SMILES string of the molecule is FC1=CN(C2CCC(=Cc3cccc(Oc4ccc(C(F)(F)F)cn4)c3)CC2)CC=C1. The van der Waals surface area contributed by atoms with Crippen molar-refractivity contribution in [1.82, 2.24) is 9.88 Å². The Bertz CT molecular complexity index is 999. The topological polar surface area (TPSA) is 25.4 Å². The fourth-order valence-corrected chi connectivity index (χ4v) is 3.88. The van der Waals surface area contributed by atoms with Crippen LogP contribution in [0.5, 0.6) is 11.6 Å². The summed E-state index contributed by atoms with van der Waals surface area (Å²) in [6.45, 7) is 0.745. The summed E-state index contributed by atoms with van der Waals surface area (Å²) in [5.41, 5.74) is 1.47. The van der Waals surface area contributed by atoms with E-state index in [0.29, 0.717) is 11.8 Å². The van der Waals surface area contributed by atoms with Crippen molar-refractivity contribution in [1.29, 1.82) is 0 Å². The van der Waals surface area contributed by atoms with Crippen molar-refractivity contribution in [2.75, 3.05) is 6.54 Å². The second-order valence-electron chi connectivity index (χ2n) is 7.70. The molecule has 0 atom stereocenters. The minimum absolute atomic E-state index is 0.106. The van der Waals surface area contributed by atoms with Gasteiger partial charge in [-0.2, -0.15) is 13.2 Å². The van der Waals surface area contributed by atoms with Gasteiger partial charge in [-0.05, 0) is 55.5 Å². The Morgan fingerprint density at radius 2 is 1.90 bits per heavy atom. The number of hydrogen-bond acceptors (Lipinski definition) is 3. The van der Waals surface area contributed by atoms with Crippen LogP contribution < -0.4 is 4.74 Å². The molecule has 1 aromatic heterocycles. The quantitative estimate of drug-likeness (QED) is 0.493. The molecule has 1 saturated carbocycles. The number of alkyl halides is 3. The highest BCUT2D eigenvalue weighted by Gasteiger charge is 2.30. The van der Waals surface area contributed by atoms with Gasteiger partial charge in [0, 0.05) is 31.0 Å². The Hall–Kier alpha value is -3.09. The maximum absolute atomic E-state index is 13.5. The highest BCUT2D eigenvalue weighted by Crippen LogP contribution is 2.32. The molecule has 2 heterocycles. The van der Waals surface area contributed by atoms with E-state index in [9.17, 15) is 17.6 Å². The molecule has 3 nitrogen and oxygen atoms in total. The largest absolute Gasteiger partial charge is 0.439 e. The molecule has 0 bridgehead atoms. The summed E-state index contributed by atoms with van der Waals surface area (Å²) < 4.78 is 57.1. The second-order valence-corrected chi connectivity index (χ2v) is 7.70. The first-order valence-electron chi connectivity index (χ1n) is 10.2. The Morgan fingerprint density at radius 1 is 1.10 bits per heavy atom. The number of hydrogen-bond donors (Lipinski definition) is 0. The predicted octanol–water partition coefficient (Wildman–Crippen LogP) is 6.90. The van der Waals surface area contributed by atoms with Gasteiger partial charge in [-0.25, -0.2) is 9.37 Å². The average molecular weight is 430 g/mol. The summed E-state index contributed by atoms with van der Waals surface area (Å²) in [5, 5.41) is 0. The van der Waals surface area contributed by atoms with Gasteiger partial charge in [-0.3, -0.25) is 0 Å². The van der Waals surface area contributed by atoms with E-state index in [2.05, 4.69) is 16.0 Å². The Kier molecular flexibility index (Phi) is 6.11. The molecule has 7 heteroatoms. The van der Waals surface area contributed by atoms with Gasteiger partial charge in [0.05, 0.1) is 5.56 Å². The summed E-state index contributed by atoms with van der Waals surface area (Å²) in [5.74, 6) is 0.414. The van der Waals surface area contributed by atoms with Crippen LogP contribution in [0.4, 0.5) is 17.6 Å². The molecule has 0 saturated heterocycles. The van der Waals surface area contributed by atoms with Crippen molar-refractivity contribution in [3.63, 3.8) is 0 Å². The third kappa shape index (κ3) is 5.54. The summed E-state index contributed by atoms with van der Waals surface area (Å²) in [6, 6.07) is 9.88. The van der Waals surface area contributed by atoms with Crippen LogP contribution in [0, 0.1) is 0 Å². The number of benzene rings is 1. The highest BCUT2D eigenvalue weighted by molar-refractivity contribution is 5.55. The predicted molar refractivity (Wildman–Crippen MR) is 111 cm³/mol. The lowest BCUT2D eigenvalue weighted by Crippen LogP contribution is -2.34. The number of halogens is 4. The zero-order valence-corrected chi connectivity index (χ0v) is 16.8. The molecule has 162 valence electrons. The lowest BCUT2D eigenvalue weighted by molar-refractivity contribution is -0.137. The first-order chi connectivity index (χ1) is 14.9. The monoisotopic (exact) mass is 430 g/mol. The van der Waals surface area contributed by atoms with E-state index < -0.39 is 11.7 Å². The molecule has 0 amide bonds. The van der Waals surface area contributed by atoms with Gasteiger partial charge in [0.1, 0.15) is 11.6 Å². The van der Waals surface area contributed by atoms with E-state index in [0.717, 1.165) is 50.1 Å². The van der Waals surface area contributed by atoms with E-state index in [1.807, 2.05) is 24.3 Å². The normalized spacial score (nSPS) is 19.2. The zero-order valence-electron chi connectivity index (χ0n) is 16.8. The average Bonchev–Trinajstić information content (AvgIpc) is 2.74. The number of aromatic nitrogens is 1. The fraction of sp³-hybridized carbons (Fsp3) is 0.292. The number of rotatable bonds is 4. The van der Waals surface area contributed by atoms with Crippen LogP contribution in [-0.2, 0) is 6.18 Å². The van der Waals surface area contributed by atoms with Crippen LogP contribution >= 0.6 is 0 Å². The van der Waals surface area contributed by atoms with E-state index in [-0.39, 0.29) is 11.7 Å². The molecule has 31 heavy (non-hydrogen) atoms. The Balaban J connectivity index is 1.37. The Morgan fingerprint density at radius 3 is 2.58 bits per heavy atom. The van der Waals surface area contributed by atoms with Gasteiger partial charge in [-0.15, -0.1) is 0 Å². The summed E-state index contributed by atoms with van der Waals surface area (Å²) >= 11 is 0. The summed E-state index contributed by atoms with van der Waals surface area (Å²) in [7, 11) is 0. The van der Waals surface area contributed by atoms with E-state index in [1.165, 1.54) is 17.7 Å². The van der Waals surface area contributed by atoms with Crippen LogP contribution in [-0.4, -0.2) is 22.5 Å². The van der Waals surface area contributed by atoms with Crippen molar-refractivity contribution < 1.29 is 22.3 Å². The molecule has 2 aliphatic rings. The number of allylic oxidation sites excluding steroid dienone is 3. The Labute approximate surface area is 178 Å². The molecule has 0 spiro atoms. The third-order valence-corrected chi connectivity index (χ3v) is 5.46. The summed E-state index contributed by atoms with van der Waals surface area (Å²) in [6.07, 6.45) is 7.20. The molecule has 0 N–H and O–H groups in total. The molecule has 1 aromatic carbocycles. The molecule has 2 aromatic rings. The standard InChI is InChI=1S/C24H22F4N2O/c25-20-4-2-12-30(16-20)21-9-6-17(7-10-21)13-18-3-1-5-22(14-18)31-23-11-8-19(15-29-23)24(26,27)28/h1-5,8,11,13-16,21H,6-7,9-10,12H2. The van der Waals surface area contributed by atoms with Crippen LogP contribution in [0.3, 0.4) is 0 Å². The molecular weight excluding hydrogens is 408 g/mol. The van der Waals surface area contributed by atoms with Crippen LogP contribution in [0.1, 0.15) is 36.8 Å². The van der Waals surface area contributed by atoms with Gasteiger partial charge in [0.25, 0.3) is 0 Å². The fourth-order valence-electron chi connectivity index (χ4n) is 3.88. The van der Waals surface area contributed by atoms with E-state index >= 15 is 0 Å². The van der Waals surface area contributed by atoms with Gasteiger partial charge >= 0.3 is 6.18 Å². The molecule has 1 aliphatic heterocycles. The molecule has 0 unspecified atom stereocenters. The van der Waals surface area contributed by atoms with Crippen molar-refractivity contribution >= 4 is 6.08 Å². The van der Waals surface area contributed by atoms with Crippen LogP contribution in [0.15, 0.2) is 72.3 Å². The molecule has 1 aliphatic carbocycles. The van der Waals surface area contributed by atoms with Crippen molar-refractivity contribution in [3.05, 3.63) is 83.5 Å². The molecule has 4 rings (SSSR count). The van der Waals surface area contributed by atoms with Crippen molar-refractivity contribution in [3.8, 4) is 11.6 Å². The first-order valence-corrected chi connectivity index (χ1v) is 10.2. The van der Waals surface area contributed by atoms with Crippen LogP contribution in [0.25, 0.3) is 6.08 Å². The minimum atomic E-state index is -4.42. The van der Waals surface area contributed by atoms with Crippen molar-refractivity contribution in [2.45, 2.75) is 37.9 Å². The first kappa shape index (κ1) is 21.2. The van der Waals surface area contributed by atoms with E-state index in [1.54, 1.807) is 12.3 Å². The lowest BCUT2D eigenvalue weighted by Gasteiger charge is -2.34.